The second-order valence-corrected chi connectivity index (χ2v) is 8.05. The van der Waals surface area contributed by atoms with Gasteiger partial charge in [0.15, 0.2) is 0 Å². The first kappa shape index (κ1) is 23.2. The second-order valence-electron chi connectivity index (χ2n) is 8.05. The van der Waals surface area contributed by atoms with Crippen LogP contribution in [0, 0.1) is 5.41 Å². The fraction of sp³-hybridized carbons (Fsp3) is 0.591. The summed E-state index contributed by atoms with van der Waals surface area (Å²) in [4.78, 5) is 13.9. The van der Waals surface area contributed by atoms with Crippen LogP contribution in [0.5, 0.6) is 0 Å². The van der Waals surface area contributed by atoms with Crippen LogP contribution in [0.1, 0.15) is 54.0 Å². The van der Waals surface area contributed by atoms with E-state index in [4.69, 9.17) is 9.47 Å². The van der Waals surface area contributed by atoms with Crippen LogP contribution < -0.4 is 0 Å². The average molecular weight is 378 g/mol. The van der Waals surface area contributed by atoms with Crippen LogP contribution in [-0.4, -0.2) is 40.4 Å². The van der Waals surface area contributed by atoms with Gasteiger partial charge < -0.3 is 19.5 Å². The van der Waals surface area contributed by atoms with Crippen molar-refractivity contribution >= 4 is 6.09 Å². The van der Waals surface area contributed by atoms with Crippen LogP contribution in [-0.2, 0) is 16.1 Å². The Morgan fingerprint density at radius 3 is 2.19 bits per heavy atom. The number of ether oxygens (including phenoxy) is 2. The highest BCUT2D eigenvalue weighted by molar-refractivity contribution is 5.69. The molecular weight excluding hydrogens is 342 g/mol. The summed E-state index contributed by atoms with van der Waals surface area (Å²) < 4.78 is 11.1. The number of hydrogen-bond acceptors (Lipinski definition) is 4. The number of nitrogens with zero attached hydrogens (tertiary/aromatic N) is 1. The molecule has 2 atom stereocenters. The van der Waals surface area contributed by atoms with Gasteiger partial charge in [0.05, 0.1) is 25.1 Å². The summed E-state index contributed by atoms with van der Waals surface area (Å²) in [6.45, 7) is 13.8. The van der Waals surface area contributed by atoms with Crippen molar-refractivity contribution < 1.29 is 19.4 Å². The van der Waals surface area contributed by atoms with Crippen molar-refractivity contribution in [3.05, 3.63) is 48.2 Å². The zero-order valence-electron chi connectivity index (χ0n) is 17.7. The van der Waals surface area contributed by atoms with Gasteiger partial charge in [-0.3, -0.25) is 0 Å². The molecule has 5 heteroatoms. The monoisotopic (exact) mass is 377 g/mol. The predicted molar refractivity (Wildman–Crippen MR) is 108 cm³/mol. The fourth-order valence-corrected chi connectivity index (χ4v) is 2.94. The molecule has 152 valence electrons. The Morgan fingerprint density at radius 2 is 1.67 bits per heavy atom. The first-order valence-corrected chi connectivity index (χ1v) is 9.56. The van der Waals surface area contributed by atoms with Crippen LogP contribution in [0.15, 0.2) is 42.7 Å². The number of hydrogen-bond donors (Lipinski definition) is 1. The van der Waals surface area contributed by atoms with Gasteiger partial charge in [-0.1, -0.05) is 44.2 Å². The number of rotatable bonds is 9. The SMILES string of the molecule is CC(C)N(C(=O)O/C=C\C(C)(C)[C@@H](O)[C@H](C)OCc1ccccc1)C(C)C. The molecule has 1 aromatic carbocycles. The maximum absolute atomic E-state index is 12.2. The van der Waals surface area contributed by atoms with Crippen molar-refractivity contribution in [1.82, 2.24) is 4.90 Å². The maximum Gasteiger partial charge on any atom is 0.415 e. The Morgan fingerprint density at radius 1 is 1.11 bits per heavy atom. The molecular formula is C22H35NO4. The third-order valence-corrected chi connectivity index (χ3v) is 4.55. The normalized spacial score (nSPS) is 14.6. The first-order chi connectivity index (χ1) is 12.6. The van der Waals surface area contributed by atoms with Gasteiger partial charge in [-0.05, 0) is 46.3 Å². The molecule has 1 aromatic rings. The second kappa shape index (κ2) is 10.5. The third-order valence-electron chi connectivity index (χ3n) is 4.55. The molecule has 0 spiro atoms. The summed E-state index contributed by atoms with van der Waals surface area (Å²) >= 11 is 0. The van der Waals surface area contributed by atoms with E-state index in [1.54, 1.807) is 11.0 Å². The Bertz CT molecular complexity index is 588. The van der Waals surface area contributed by atoms with Crippen LogP contribution in [0.2, 0.25) is 0 Å². The van der Waals surface area contributed by atoms with Gasteiger partial charge in [0.2, 0.25) is 0 Å². The molecule has 0 aliphatic carbocycles. The lowest BCUT2D eigenvalue weighted by atomic mass is 9.84. The first-order valence-electron chi connectivity index (χ1n) is 9.56. The quantitative estimate of drug-likeness (QED) is 0.631. The minimum Gasteiger partial charge on any atom is -0.418 e. The van der Waals surface area contributed by atoms with Gasteiger partial charge >= 0.3 is 6.09 Å². The molecule has 0 fully saturated rings. The summed E-state index contributed by atoms with van der Waals surface area (Å²) in [5.74, 6) is 0. The lowest BCUT2D eigenvalue weighted by Gasteiger charge is -2.32. The molecule has 5 nitrogen and oxygen atoms in total. The van der Waals surface area contributed by atoms with Crippen LogP contribution in [0.25, 0.3) is 0 Å². The van der Waals surface area contributed by atoms with Crippen molar-refractivity contribution in [1.29, 1.82) is 0 Å². The average Bonchev–Trinajstić information content (AvgIpc) is 2.59. The molecule has 0 aliphatic rings. The van der Waals surface area contributed by atoms with Gasteiger partial charge in [0.25, 0.3) is 0 Å². The standard InChI is InChI=1S/C22H35NO4/c1-16(2)23(17(3)4)21(25)26-14-13-22(6,7)20(24)18(5)27-15-19-11-9-8-10-12-19/h8-14,16-18,20,24H,15H2,1-7H3/b14-13-/t18-,20-/m0/s1. The van der Waals surface area contributed by atoms with Gasteiger partial charge in [-0.25, -0.2) is 4.79 Å². The van der Waals surface area contributed by atoms with Crippen molar-refractivity contribution in [2.24, 2.45) is 5.41 Å². The van der Waals surface area contributed by atoms with E-state index in [1.165, 1.54) is 6.26 Å². The smallest absolute Gasteiger partial charge is 0.415 e. The number of carbonyl (C=O) groups is 1. The highest BCUT2D eigenvalue weighted by atomic mass is 16.5. The summed E-state index contributed by atoms with van der Waals surface area (Å²) in [6, 6.07) is 9.94. The van der Waals surface area contributed by atoms with Gasteiger partial charge in [-0.2, -0.15) is 0 Å². The Labute approximate surface area is 164 Å². The summed E-state index contributed by atoms with van der Waals surface area (Å²) in [5, 5.41) is 10.6. The van der Waals surface area contributed by atoms with E-state index in [0.717, 1.165) is 5.56 Å². The molecule has 0 heterocycles. The molecule has 0 radical (unpaired) electrons. The van der Waals surface area contributed by atoms with Gasteiger partial charge in [0, 0.05) is 17.5 Å². The molecule has 1 N–H and O–H groups in total. The molecule has 0 saturated heterocycles. The summed E-state index contributed by atoms with van der Waals surface area (Å²) in [5.41, 5.74) is 0.443. The molecule has 27 heavy (non-hydrogen) atoms. The fourth-order valence-electron chi connectivity index (χ4n) is 2.94. The summed E-state index contributed by atoms with van der Waals surface area (Å²) in [7, 11) is 0. The van der Waals surface area contributed by atoms with E-state index in [-0.39, 0.29) is 18.2 Å². The van der Waals surface area contributed by atoms with E-state index < -0.39 is 17.6 Å². The minimum atomic E-state index is -0.748. The van der Waals surface area contributed by atoms with E-state index in [9.17, 15) is 9.90 Å². The minimum absolute atomic E-state index is 0.0518. The van der Waals surface area contributed by atoms with Crippen LogP contribution >= 0.6 is 0 Å². The van der Waals surface area contributed by atoms with E-state index in [0.29, 0.717) is 6.61 Å². The van der Waals surface area contributed by atoms with Crippen molar-refractivity contribution in [2.75, 3.05) is 0 Å². The Balaban J connectivity index is 2.61. The van der Waals surface area contributed by atoms with Gasteiger partial charge in [0.1, 0.15) is 0 Å². The van der Waals surface area contributed by atoms with Crippen LogP contribution in [0.3, 0.4) is 0 Å². The van der Waals surface area contributed by atoms with Crippen molar-refractivity contribution in [3.63, 3.8) is 0 Å². The van der Waals surface area contributed by atoms with Crippen LogP contribution in [0.4, 0.5) is 4.79 Å². The Hall–Kier alpha value is -1.85. The van der Waals surface area contributed by atoms with E-state index >= 15 is 0 Å². The number of carbonyl (C=O) groups excluding carboxylic acids is 1. The van der Waals surface area contributed by atoms with E-state index in [1.807, 2.05) is 78.8 Å². The van der Waals surface area contributed by atoms with Crippen molar-refractivity contribution in [3.8, 4) is 0 Å². The molecule has 1 rings (SSSR count). The largest absolute Gasteiger partial charge is 0.418 e. The molecule has 1 amide bonds. The molecule has 0 saturated carbocycles. The maximum atomic E-state index is 12.2. The summed E-state index contributed by atoms with van der Waals surface area (Å²) in [6.07, 6.45) is 1.56. The zero-order chi connectivity index (χ0) is 20.6. The van der Waals surface area contributed by atoms with E-state index in [2.05, 4.69) is 0 Å². The topological polar surface area (TPSA) is 59.0 Å². The van der Waals surface area contributed by atoms with Gasteiger partial charge in [-0.15, -0.1) is 0 Å². The molecule has 0 aromatic heterocycles. The van der Waals surface area contributed by atoms with Crippen molar-refractivity contribution in [2.45, 2.75) is 79.4 Å². The third kappa shape index (κ3) is 7.35. The predicted octanol–water partition coefficient (Wildman–Crippen LogP) is 4.75. The highest BCUT2D eigenvalue weighted by Gasteiger charge is 2.31. The number of aliphatic hydroxyl groups is 1. The lowest BCUT2D eigenvalue weighted by molar-refractivity contribution is -0.0715. The number of aliphatic hydroxyl groups excluding tert-OH is 1. The zero-order valence-corrected chi connectivity index (χ0v) is 17.7. The molecule has 0 aliphatic heterocycles. The number of amides is 1. The molecule has 0 bridgehead atoms. The molecule has 0 unspecified atom stereocenters. The number of benzene rings is 1. The lowest BCUT2D eigenvalue weighted by Crippen LogP contribution is -2.42. The highest BCUT2D eigenvalue weighted by Crippen LogP contribution is 2.27. The Kier molecular flexibility index (Phi) is 9.00.